The molecule has 5 heteroatoms. The first-order valence-corrected chi connectivity index (χ1v) is 9.67. The number of nitrogens with one attached hydrogen (secondary N) is 1. The first kappa shape index (κ1) is 18.2. The topological polar surface area (TPSA) is 75.0 Å². The molecule has 4 rings (SSSR count). The molecule has 0 spiro atoms. The van der Waals surface area contributed by atoms with Gasteiger partial charge in [0.05, 0.1) is 23.4 Å². The number of carbonyl (C=O) groups excluding carboxylic acids is 1. The normalized spacial score (nSPS) is 29.0. The van der Waals surface area contributed by atoms with E-state index in [9.17, 15) is 10.1 Å². The molecule has 2 fully saturated rings. The number of carbonyl (C=O) groups is 1. The number of alkyl carbamates (subject to hydrolysis) is 1. The van der Waals surface area contributed by atoms with E-state index < -0.39 is 0 Å². The lowest BCUT2D eigenvalue weighted by Crippen LogP contribution is -2.46. The van der Waals surface area contributed by atoms with E-state index >= 15 is 0 Å². The third-order valence-electron chi connectivity index (χ3n) is 6.09. The molecular formula is C23H23N3O2. The van der Waals surface area contributed by atoms with Gasteiger partial charge in [0.25, 0.3) is 0 Å². The van der Waals surface area contributed by atoms with Crippen LogP contribution in [-0.4, -0.2) is 23.2 Å². The lowest BCUT2D eigenvalue weighted by molar-refractivity contribution is 0.0415. The van der Waals surface area contributed by atoms with Gasteiger partial charge in [-0.2, -0.15) is 5.26 Å². The van der Waals surface area contributed by atoms with E-state index in [0.29, 0.717) is 17.4 Å². The molecule has 0 radical (unpaired) electrons. The van der Waals surface area contributed by atoms with E-state index in [1.54, 1.807) is 6.20 Å². The van der Waals surface area contributed by atoms with Gasteiger partial charge >= 0.3 is 6.09 Å². The number of ether oxygens (including phenoxy) is 1. The van der Waals surface area contributed by atoms with Crippen molar-refractivity contribution in [1.82, 2.24) is 10.3 Å². The highest BCUT2D eigenvalue weighted by molar-refractivity contribution is 5.71. The Hall–Kier alpha value is -3.13. The van der Waals surface area contributed by atoms with Crippen molar-refractivity contribution >= 4 is 12.2 Å². The van der Waals surface area contributed by atoms with E-state index in [0.717, 1.165) is 23.2 Å². The molecule has 1 N–H and O–H groups in total. The number of rotatable bonds is 3. The molecule has 0 unspecified atom stereocenters. The highest BCUT2D eigenvalue weighted by Gasteiger charge is 2.46. The molecule has 2 aromatic rings. The predicted octanol–water partition coefficient (Wildman–Crippen LogP) is 4.40. The van der Waals surface area contributed by atoms with Crippen molar-refractivity contribution in [2.75, 3.05) is 0 Å². The number of aromatic nitrogens is 1. The second-order valence-corrected chi connectivity index (χ2v) is 7.76. The molecule has 1 aliphatic heterocycles. The van der Waals surface area contributed by atoms with Gasteiger partial charge in [-0.3, -0.25) is 4.98 Å². The number of nitriles is 1. The number of hydrogen-bond donors (Lipinski definition) is 1. The maximum Gasteiger partial charge on any atom is 0.407 e. The average molecular weight is 373 g/mol. The Morgan fingerprint density at radius 3 is 2.82 bits per heavy atom. The number of pyridine rings is 1. The summed E-state index contributed by atoms with van der Waals surface area (Å²) >= 11 is 0. The highest BCUT2D eigenvalue weighted by Crippen LogP contribution is 2.39. The Balaban J connectivity index is 1.54. The zero-order chi connectivity index (χ0) is 19.7. The van der Waals surface area contributed by atoms with Crippen molar-refractivity contribution in [3.63, 3.8) is 0 Å². The largest absolute Gasteiger partial charge is 0.443 e. The lowest BCUT2D eigenvalue weighted by atomic mass is 9.70. The number of fused-ring (bicyclic) bond motifs is 1. The van der Waals surface area contributed by atoms with Gasteiger partial charge in [-0.05, 0) is 36.5 Å². The number of nitrogens with zero attached hydrogens (tertiary/aromatic N) is 2. The number of hydrogen-bond acceptors (Lipinski definition) is 4. The minimum atomic E-state index is -0.312. The summed E-state index contributed by atoms with van der Waals surface area (Å²) in [6, 6.07) is 13.8. The Kier molecular flexibility index (Phi) is 4.87. The molecule has 1 saturated carbocycles. The summed E-state index contributed by atoms with van der Waals surface area (Å²) in [5.74, 6) is 1.09. The Bertz CT molecular complexity index is 945. The molecule has 2 aliphatic rings. The Morgan fingerprint density at radius 2 is 2.07 bits per heavy atom. The zero-order valence-electron chi connectivity index (χ0n) is 16.0. The van der Waals surface area contributed by atoms with Crippen molar-refractivity contribution in [1.29, 1.82) is 5.26 Å². The first-order chi connectivity index (χ1) is 13.6. The maximum absolute atomic E-state index is 11.7. The van der Waals surface area contributed by atoms with Crippen LogP contribution in [0.4, 0.5) is 4.79 Å². The summed E-state index contributed by atoms with van der Waals surface area (Å²) < 4.78 is 5.54. The van der Waals surface area contributed by atoms with Crippen LogP contribution >= 0.6 is 0 Å². The van der Waals surface area contributed by atoms with Gasteiger partial charge in [0.15, 0.2) is 0 Å². The summed E-state index contributed by atoms with van der Waals surface area (Å²) in [4.78, 5) is 16.2. The molecule has 1 saturated heterocycles. The van der Waals surface area contributed by atoms with E-state index in [4.69, 9.17) is 4.74 Å². The van der Waals surface area contributed by atoms with E-state index in [2.05, 4.69) is 36.3 Å². The van der Waals surface area contributed by atoms with Crippen LogP contribution in [0.5, 0.6) is 0 Å². The molecular weight excluding hydrogens is 350 g/mol. The van der Waals surface area contributed by atoms with Crippen LogP contribution in [0.1, 0.15) is 31.5 Å². The molecule has 1 aromatic carbocycles. The molecule has 0 bridgehead atoms. The third kappa shape index (κ3) is 3.38. The van der Waals surface area contributed by atoms with Crippen LogP contribution in [0.15, 0.2) is 48.7 Å². The minimum Gasteiger partial charge on any atom is -0.443 e. The summed E-state index contributed by atoms with van der Waals surface area (Å²) in [6.07, 6.45) is 6.45. The lowest BCUT2D eigenvalue weighted by Gasteiger charge is -2.38. The van der Waals surface area contributed by atoms with Crippen LogP contribution in [0, 0.1) is 29.1 Å². The average Bonchev–Trinajstić information content (AvgIpc) is 3.08. The molecule has 142 valence electrons. The fourth-order valence-corrected chi connectivity index (χ4v) is 4.30. The minimum absolute atomic E-state index is 0.0890. The van der Waals surface area contributed by atoms with E-state index in [-0.39, 0.29) is 24.2 Å². The summed E-state index contributed by atoms with van der Waals surface area (Å²) in [5.41, 5.74) is 3.29. The Morgan fingerprint density at radius 1 is 1.25 bits per heavy atom. The van der Waals surface area contributed by atoms with Crippen LogP contribution < -0.4 is 5.32 Å². The van der Waals surface area contributed by atoms with E-state index in [1.165, 1.54) is 0 Å². The third-order valence-corrected chi connectivity index (χ3v) is 6.09. The molecule has 5 nitrogen and oxygen atoms in total. The summed E-state index contributed by atoms with van der Waals surface area (Å²) in [5, 5.41) is 12.2. The van der Waals surface area contributed by atoms with Gasteiger partial charge in [-0.15, -0.1) is 0 Å². The van der Waals surface area contributed by atoms with Crippen molar-refractivity contribution in [2.45, 2.75) is 32.4 Å². The van der Waals surface area contributed by atoms with Gasteiger partial charge in [0, 0.05) is 23.2 Å². The summed E-state index contributed by atoms with van der Waals surface area (Å²) in [6.45, 7) is 4.45. The quantitative estimate of drug-likeness (QED) is 0.865. The van der Waals surface area contributed by atoms with Crippen LogP contribution in [-0.2, 0) is 4.74 Å². The second-order valence-electron chi connectivity index (χ2n) is 7.76. The van der Waals surface area contributed by atoms with Gasteiger partial charge < -0.3 is 10.1 Å². The fraction of sp³-hybridized carbons (Fsp3) is 0.348. The van der Waals surface area contributed by atoms with Crippen molar-refractivity contribution < 1.29 is 9.53 Å². The molecule has 1 aliphatic carbocycles. The molecule has 2 heterocycles. The smallest absolute Gasteiger partial charge is 0.407 e. The predicted molar refractivity (Wildman–Crippen MR) is 107 cm³/mol. The SMILES string of the molecule is C[C@H]1[C@H](C=Cc2ccc(-c3ccccc3C#N)cn2)[C@@H]2OC(=O)N[C@@H]2C[C@@H]1C. The molecule has 28 heavy (non-hydrogen) atoms. The number of amides is 1. The van der Waals surface area contributed by atoms with Crippen LogP contribution in [0.2, 0.25) is 0 Å². The van der Waals surface area contributed by atoms with Gasteiger partial charge in [0.2, 0.25) is 0 Å². The standard InChI is InChI=1S/C23H23N3O2/c1-14-11-21-22(28-23(27)26-21)19(15(14)2)10-9-18-8-7-17(13-25-18)20-6-4-3-5-16(20)12-24/h3-10,13-15,19,21-22H,11H2,1-2H3,(H,26,27)/t14-,15+,19-,21+,22-/m0/s1. The highest BCUT2D eigenvalue weighted by atomic mass is 16.6. The number of benzene rings is 1. The first-order valence-electron chi connectivity index (χ1n) is 9.67. The van der Waals surface area contributed by atoms with Crippen molar-refractivity contribution in [3.05, 3.63) is 59.9 Å². The second kappa shape index (κ2) is 7.47. The fourth-order valence-electron chi connectivity index (χ4n) is 4.30. The van der Waals surface area contributed by atoms with Gasteiger partial charge in [-0.1, -0.05) is 44.2 Å². The van der Waals surface area contributed by atoms with Crippen LogP contribution in [0.25, 0.3) is 17.2 Å². The maximum atomic E-state index is 11.7. The molecule has 1 aromatic heterocycles. The van der Waals surface area contributed by atoms with Crippen LogP contribution in [0.3, 0.4) is 0 Å². The zero-order valence-corrected chi connectivity index (χ0v) is 16.0. The van der Waals surface area contributed by atoms with Gasteiger partial charge in [-0.25, -0.2) is 4.79 Å². The summed E-state index contributed by atoms with van der Waals surface area (Å²) in [7, 11) is 0. The van der Waals surface area contributed by atoms with E-state index in [1.807, 2.05) is 42.5 Å². The molecule has 1 amide bonds. The van der Waals surface area contributed by atoms with Gasteiger partial charge in [0.1, 0.15) is 6.10 Å². The van der Waals surface area contributed by atoms with Crippen molar-refractivity contribution in [2.24, 2.45) is 17.8 Å². The molecule has 5 atom stereocenters. The Labute approximate surface area is 165 Å². The van der Waals surface area contributed by atoms with Crippen molar-refractivity contribution in [3.8, 4) is 17.2 Å². The monoisotopic (exact) mass is 373 g/mol.